The highest BCUT2D eigenvalue weighted by Gasteiger charge is 2.52. The molecule has 3 heterocycles. The van der Waals surface area contributed by atoms with E-state index in [9.17, 15) is 14.9 Å². The zero-order chi connectivity index (χ0) is 27.0. The summed E-state index contributed by atoms with van der Waals surface area (Å²) < 4.78 is 26.4. The number of amides is 1. The van der Waals surface area contributed by atoms with Gasteiger partial charge in [0.2, 0.25) is 0 Å². The summed E-state index contributed by atoms with van der Waals surface area (Å²) >= 11 is 0. The third-order valence-corrected chi connectivity index (χ3v) is 8.46. The Balaban J connectivity index is 1.22. The molecular weight excluding hydrogens is 487 g/mol. The Morgan fingerprint density at radius 3 is 2.76 bits per heavy atom. The molecule has 9 heteroatoms. The number of piperazine rings is 1. The molecule has 8 nitrogen and oxygen atoms in total. The van der Waals surface area contributed by atoms with E-state index in [1.54, 1.807) is 17.0 Å². The number of hydrogen-bond donors (Lipinski definition) is 0. The molecule has 1 aromatic rings. The Labute approximate surface area is 224 Å². The van der Waals surface area contributed by atoms with Crippen LogP contribution in [0.1, 0.15) is 52.0 Å². The van der Waals surface area contributed by atoms with Gasteiger partial charge < -0.3 is 14.4 Å². The van der Waals surface area contributed by atoms with Gasteiger partial charge in [-0.2, -0.15) is 5.26 Å². The van der Waals surface area contributed by atoms with E-state index in [2.05, 4.69) is 15.9 Å². The first-order chi connectivity index (χ1) is 18.1. The van der Waals surface area contributed by atoms with Crippen molar-refractivity contribution in [1.82, 2.24) is 9.80 Å². The van der Waals surface area contributed by atoms with Crippen molar-refractivity contribution in [2.75, 3.05) is 44.3 Å². The standard InChI is InChI=1S/C29H39FN4O4/c1-29(2,3)38-28(36)34-23-7-5-21(14-23)27(34)26(35)13-19(16-31)12-20-4-6-22(15-25(20)30)33-9-8-32-10-11-37-18-24(32)17-33/h4,6,15,19,21,23-24,27H,5,7-14,17-18H2,1-3H3/t19-,21+,23-,24?,27+/m1/s1. The van der Waals surface area contributed by atoms with Crippen molar-refractivity contribution in [3.63, 3.8) is 0 Å². The van der Waals surface area contributed by atoms with Crippen molar-refractivity contribution in [2.24, 2.45) is 11.8 Å². The highest BCUT2D eigenvalue weighted by atomic mass is 19.1. The van der Waals surface area contributed by atoms with Crippen LogP contribution in [0.5, 0.6) is 0 Å². The third kappa shape index (κ3) is 5.67. The van der Waals surface area contributed by atoms with Gasteiger partial charge in [-0.1, -0.05) is 6.07 Å². The van der Waals surface area contributed by atoms with Crippen molar-refractivity contribution in [1.29, 1.82) is 5.26 Å². The molecule has 1 aliphatic carbocycles. The average Bonchev–Trinajstić information content (AvgIpc) is 3.50. The molecule has 2 bridgehead atoms. The van der Waals surface area contributed by atoms with Gasteiger partial charge in [0.25, 0.3) is 0 Å². The van der Waals surface area contributed by atoms with Crippen molar-refractivity contribution >= 4 is 17.6 Å². The van der Waals surface area contributed by atoms with E-state index >= 15 is 4.39 Å². The lowest BCUT2D eigenvalue weighted by Crippen LogP contribution is -2.58. The number of halogens is 1. The molecule has 1 aromatic carbocycles. The first-order valence-corrected chi connectivity index (χ1v) is 13.9. The Kier molecular flexibility index (Phi) is 7.65. The highest BCUT2D eigenvalue weighted by Crippen LogP contribution is 2.44. The molecule has 38 heavy (non-hydrogen) atoms. The van der Waals surface area contributed by atoms with Crippen LogP contribution in [0.3, 0.4) is 0 Å². The number of morpholine rings is 1. The summed E-state index contributed by atoms with van der Waals surface area (Å²) in [6.45, 7) is 10.4. The van der Waals surface area contributed by atoms with Crippen LogP contribution in [0.15, 0.2) is 18.2 Å². The lowest BCUT2D eigenvalue weighted by Gasteiger charge is -2.44. The minimum atomic E-state index is -0.662. The number of carbonyl (C=O) groups is 2. The molecule has 1 amide bonds. The molecule has 3 aliphatic heterocycles. The van der Waals surface area contributed by atoms with E-state index in [-0.39, 0.29) is 36.4 Å². The molecule has 0 radical (unpaired) electrons. The van der Waals surface area contributed by atoms with E-state index < -0.39 is 23.7 Å². The fourth-order valence-corrected chi connectivity index (χ4v) is 6.65. The predicted octanol–water partition coefficient (Wildman–Crippen LogP) is 3.78. The number of nitrogens with zero attached hydrogens (tertiary/aromatic N) is 4. The number of hydrogen-bond acceptors (Lipinski definition) is 7. The maximum absolute atomic E-state index is 15.2. The smallest absolute Gasteiger partial charge is 0.411 e. The van der Waals surface area contributed by atoms with Crippen LogP contribution in [0.4, 0.5) is 14.9 Å². The second kappa shape index (κ2) is 10.8. The molecule has 1 unspecified atom stereocenters. The Hall–Kier alpha value is -2.70. The molecule has 206 valence electrons. The minimum absolute atomic E-state index is 0.00544. The van der Waals surface area contributed by atoms with E-state index in [1.807, 2.05) is 26.8 Å². The van der Waals surface area contributed by atoms with E-state index in [4.69, 9.17) is 9.47 Å². The zero-order valence-corrected chi connectivity index (χ0v) is 22.7. The Bertz CT molecular complexity index is 1100. The molecule has 1 saturated carbocycles. The summed E-state index contributed by atoms with van der Waals surface area (Å²) in [6, 6.07) is 7.19. The number of ketones is 1. The summed E-state index contributed by atoms with van der Waals surface area (Å²) in [5, 5.41) is 9.84. The van der Waals surface area contributed by atoms with Gasteiger partial charge in [0.15, 0.2) is 5.78 Å². The quantitative estimate of drug-likeness (QED) is 0.558. The summed E-state index contributed by atoms with van der Waals surface area (Å²) in [4.78, 5) is 32.6. The van der Waals surface area contributed by atoms with Crippen LogP contribution in [0, 0.1) is 29.0 Å². The molecule has 0 spiro atoms. The fraction of sp³-hybridized carbons (Fsp3) is 0.690. The van der Waals surface area contributed by atoms with Gasteiger partial charge in [-0.3, -0.25) is 14.6 Å². The topological polar surface area (TPSA) is 86.1 Å². The minimum Gasteiger partial charge on any atom is -0.444 e. The van der Waals surface area contributed by atoms with Crippen molar-refractivity contribution in [3.8, 4) is 6.07 Å². The first kappa shape index (κ1) is 26.9. The fourth-order valence-electron chi connectivity index (χ4n) is 6.65. The number of anilines is 1. The van der Waals surface area contributed by atoms with Crippen molar-refractivity contribution < 1.29 is 23.5 Å². The monoisotopic (exact) mass is 526 g/mol. The molecule has 4 fully saturated rings. The lowest BCUT2D eigenvalue weighted by molar-refractivity contribution is -0.126. The van der Waals surface area contributed by atoms with Crippen molar-refractivity contribution in [3.05, 3.63) is 29.6 Å². The molecule has 0 N–H and O–H groups in total. The summed E-state index contributed by atoms with van der Waals surface area (Å²) in [5.41, 5.74) is 0.615. The number of rotatable bonds is 6. The second-order valence-electron chi connectivity index (χ2n) is 12.2. The number of fused-ring (bicyclic) bond motifs is 3. The van der Waals surface area contributed by atoms with E-state index in [0.29, 0.717) is 18.2 Å². The van der Waals surface area contributed by atoms with E-state index in [0.717, 1.165) is 57.7 Å². The Morgan fingerprint density at radius 1 is 1.21 bits per heavy atom. The molecule has 0 aromatic heterocycles. The maximum Gasteiger partial charge on any atom is 0.411 e. The van der Waals surface area contributed by atoms with Gasteiger partial charge >= 0.3 is 6.09 Å². The van der Waals surface area contributed by atoms with Gasteiger partial charge in [-0.25, -0.2) is 9.18 Å². The number of carbonyl (C=O) groups excluding carboxylic acids is 2. The summed E-state index contributed by atoms with van der Waals surface area (Å²) in [7, 11) is 0. The largest absolute Gasteiger partial charge is 0.444 e. The Morgan fingerprint density at radius 2 is 2.03 bits per heavy atom. The highest BCUT2D eigenvalue weighted by molar-refractivity contribution is 5.89. The van der Waals surface area contributed by atoms with Gasteiger partial charge in [0.05, 0.1) is 37.3 Å². The summed E-state index contributed by atoms with van der Waals surface area (Å²) in [5.74, 6) is -1.04. The SMILES string of the molecule is CC(C)(C)OC(=O)N1[C@@H]2CC[C@@H](C2)[C@H]1C(=O)C[C@H](C#N)Cc1ccc(N2CCN3CCOCC3C2)cc1F. The van der Waals surface area contributed by atoms with Gasteiger partial charge in [-0.15, -0.1) is 0 Å². The van der Waals surface area contributed by atoms with E-state index in [1.165, 1.54) is 0 Å². The zero-order valence-electron chi connectivity index (χ0n) is 22.7. The van der Waals surface area contributed by atoms with Crippen LogP contribution in [-0.2, 0) is 20.7 Å². The number of nitriles is 1. The normalized spacial score (nSPS) is 28.1. The van der Waals surface area contributed by atoms with Crippen LogP contribution in [0.25, 0.3) is 0 Å². The van der Waals surface area contributed by atoms with Crippen molar-refractivity contribution in [2.45, 2.75) is 76.6 Å². The van der Waals surface area contributed by atoms with Crippen LogP contribution < -0.4 is 4.90 Å². The van der Waals surface area contributed by atoms with Gasteiger partial charge in [0, 0.05) is 44.3 Å². The summed E-state index contributed by atoms with van der Waals surface area (Å²) in [6.07, 6.45) is 2.26. The molecular formula is C29H39FN4O4. The van der Waals surface area contributed by atoms with Gasteiger partial charge in [0.1, 0.15) is 11.4 Å². The molecule has 3 saturated heterocycles. The molecule has 5 rings (SSSR count). The molecule has 4 aliphatic rings. The van der Waals surface area contributed by atoms with Crippen LogP contribution in [-0.4, -0.2) is 84.8 Å². The van der Waals surface area contributed by atoms with Gasteiger partial charge in [-0.05, 0) is 70.1 Å². The number of ether oxygens (including phenoxy) is 2. The van der Waals surface area contributed by atoms with Crippen LogP contribution >= 0.6 is 0 Å². The molecule has 5 atom stereocenters. The second-order valence-corrected chi connectivity index (χ2v) is 12.2. The lowest BCUT2D eigenvalue weighted by atomic mass is 9.88. The number of Topliss-reactive ketones (excluding diaryl/α,β-unsaturated/α-hetero) is 1. The maximum atomic E-state index is 15.2. The number of piperidine rings is 1. The average molecular weight is 527 g/mol. The first-order valence-electron chi connectivity index (χ1n) is 13.9. The number of likely N-dealkylation sites (tertiary alicyclic amines) is 1. The number of benzene rings is 1. The van der Waals surface area contributed by atoms with Crippen LogP contribution in [0.2, 0.25) is 0 Å². The third-order valence-electron chi connectivity index (χ3n) is 8.46. The predicted molar refractivity (Wildman–Crippen MR) is 140 cm³/mol.